The molecule has 0 N–H and O–H groups in total. The SMILES string of the molecule is CCOC(=O)C(c1cnc(C(C)C)nc1)C(C)(C)C. The average molecular weight is 264 g/mol. The Morgan fingerprint density at radius 3 is 2.16 bits per heavy atom. The molecule has 19 heavy (non-hydrogen) atoms. The van der Waals surface area contributed by atoms with Crippen LogP contribution < -0.4 is 0 Å². The maximum Gasteiger partial charge on any atom is 0.314 e. The second kappa shape index (κ2) is 6.13. The summed E-state index contributed by atoms with van der Waals surface area (Å²) in [6.07, 6.45) is 3.49. The summed E-state index contributed by atoms with van der Waals surface area (Å²) in [4.78, 5) is 20.8. The Hall–Kier alpha value is -1.45. The predicted octanol–water partition coefficient (Wildman–Crippen LogP) is 3.29. The highest BCUT2D eigenvalue weighted by atomic mass is 16.5. The van der Waals surface area contributed by atoms with Crippen molar-refractivity contribution < 1.29 is 9.53 Å². The van der Waals surface area contributed by atoms with Gasteiger partial charge in [-0.05, 0) is 12.3 Å². The molecule has 0 aromatic carbocycles. The molecule has 106 valence electrons. The van der Waals surface area contributed by atoms with E-state index in [1.165, 1.54) is 0 Å². The van der Waals surface area contributed by atoms with E-state index in [0.29, 0.717) is 6.61 Å². The Morgan fingerprint density at radius 1 is 1.26 bits per heavy atom. The maximum atomic E-state index is 12.1. The van der Waals surface area contributed by atoms with Gasteiger partial charge in [0.15, 0.2) is 0 Å². The minimum Gasteiger partial charge on any atom is -0.466 e. The molecule has 0 fully saturated rings. The Balaban J connectivity index is 3.08. The third-order valence-electron chi connectivity index (χ3n) is 2.93. The van der Waals surface area contributed by atoms with E-state index < -0.39 is 0 Å². The largest absolute Gasteiger partial charge is 0.466 e. The summed E-state index contributed by atoms with van der Waals surface area (Å²) in [5.74, 6) is 0.523. The second-order valence-electron chi connectivity index (χ2n) is 6.08. The van der Waals surface area contributed by atoms with E-state index in [0.717, 1.165) is 11.4 Å². The number of hydrogen-bond donors (Lipinski definition) is 0. The van der Waals surface area contributed by atoms with Crippen LogP contribution in [-0.4, -0.2) is 22.5 Å². The molecule has 4 heteroatoms. The van der Waals surface area contributed by atoms with E-state index in [2.05, 4.69) is 9.97 Å². The van der Waals surface area contributed by atoms with Crippen molar-refractivity contribution in [3.05, 3.63) is 23.8 Å². The van der Waals surface area contributed by atoms with Gasteiger partial charge in [-0.2, -0.15) is 0 Å². The fourth-order valence-electron chi connectivity index (χ4n) is 2.01. The monoisotopic (exact) mass is 264 g/mol. The molecule has 0 spiro atoms. The lowest BCUT2D eigenvalue weighted by molar-refractivity contribution is -0.147. The number of hydrogen-bond acceptors (Lipinski definition) is 4. The number of nitrogens with zero attached hydrogens (tertiary/aromatic N) is 2. The first-order chi connectivity index (χ1) is 8.77. The molecule has 0 saturated heterocycles. The van der Waals surface area contributed by atoms with Crippen molar-refractivity contribution >= 4 is 5.97 Å². The summed E-state index contributed by atoms with van der Waals surface area (Å²) in [5.41, 5.74) is 0.588. The van der Waals surface area contributed by atoms with Crippen LogP contribution in [-0.2, 0) is 9.53 Å². The van der Waals surface area contributed by atoms with Crippen molar-refractivity contribution in [1.29, 1.82) is 0 Å². The van der Waals surface area contributed by atoms with Crippen LogP contribution in [0.2, 0.25) is 0 Å². The normalized spacial score (nSPS) is 13.4. The van der Waals surface area contributed by atoms with Gasteiger partial charge >= 0.3 is 5.97 Å². The number of ether oxygens (including phenoxy) is 1. The highest BCUT2D eigenvalue weighted by Gasteiger charge is 2.34. The van der Waals surface area contributed by atoms with Crippen molar-refractivity contribution in [1.82, 2.24) is 9.97 Å². The third kappa shape index (κ3) is 4.01. The lowest BCUT2D eigenvalue weighted by Crippen LogP contribution is -2.28. The molecule has 0 saturated carbocycles. The van der Waals surface area contributed by atoms with Crippen LogP contribution in [0.25, 0.3) is 0 Å². The maximum absolute atomic E-state index is 12.1. The highest BCUT2D eigenvalue weighted by molar-refractivity contribution is 5.78. The summed E-state index contributed by atoms with van der Waals surface area (Å²) in [6.45, 7) is 12.3. The number of rotatable bonds is 4. The number of esters is 1. The minimum atomic E-state index is -0.339. The van der Waals surface area contributed by atoms with Crippen molar-refractivity contribution in [2.75, 3.05) is 6.61 Å². The molecule has 0 aliphatic heterocycles. The van der Waals surface area contributed by atoms with Gasteiger partial charge in [0, 0.05) is 23.9 Å². The summed E-state index contributed by atoms with van der Waals surface area (Å²) >= 11 is 0. The van der Waals surface area contributed by atoms with E-state index in [1.807, 2.05) is 41.5 Å². The van der Waals surface area contributed by atoms with Crippen LogP contribution >= 0.6 is 0 Å². The highest BCUT2D eigenvalue weighted by Crippen LogP contribution is 2.35. The van der Waals surface area contributed by atoms with Gasteiger partial charge in [-0.3, -0.25) is 4.79 Å². The smallest absolute Gasteiger partial charge is 0.314 e. The van der Waals surface area contributed by atoms with E-state index in [-0.39, 0.29) is 23.2 Å². The van der Waals surface area contributed by atoms with Crippen molar-refractivity contribution in [2.45, 2.75) is 53.4 Å². The lowest BCUT2D eigenvalue weighted by Gasteiger charge is -2.28. The molecule has 1 unspecified atom stereocenters. The summed E-state index contributed by atoms with van der Waals surface area (Å²) < 4.78 is 5.17. The topological polar surface area (TPSA) is 52.1 Å². The zero-order valence-corrected chi connectivity index (χ0v) is 12.7. The minimum absolute atomic E-state index is 0.212. The Morgan fingerprint density at radius 2 is 1.79 bits per heavy atom. The first kappa shape index (κ1) is 15.6. The standard InChI is InChI=1S/C15H24N2O2/c1-7-19-14(18)12(15(4,5)6)11-8-16-13(10(2)3)17-9-11/h8-10,12H,7H2,1-6H3. The van der Waals surface area contributed by atoms with Crippen LogP contribution in [0.5, 0.6) is 0 Å². The molecule has 1 atom stereocenters. The van der Waals surface area contributed by atoms with Gasteiger partial charge in [-0.25, -0.2) is 9.97 Å². The van der Waals surface area contributed by atoms with E-state index >= 15 is 0 Å². The van der Waals surface area contributed by atoms with E-state index in [9.17, 15) is 4.79 Å². The molecular weight excluding hydrogens is 240 g/mol. The predicted molar refractivity (Wildman–Crippen MR) is 75.0 cm³/mol. The number of carbonyl (C=O) groups excluding carboxylic acids is 1. The van der Waals surface area contributed by atoms with E-state index in [4.69, 9.17) is 4.74 Å². The Labute approximate surface area is 115 Å². The molecule has 4 nitrogen and oxygen atoms in total. The molecule has 1 aromatic rings. The molecule has 0 aliphatic rings. The van der Waals surface area contributed by atoms with Gasteiger partial charge in [-0.15, -0.1) is 0 Å². The molecule has 1 heterocycles. The molecule has 1 rings (SSSR count). The van der Waals surface area contributed by atoms with E-state index in [1.54, 1.807) is 12.4 Å². The second-order valence-corrected chi connectivity index (χ2v) is 6.08. The molecule has 0 bridgehead atoms. The first-order valence-electron chi connectivity index (χ1n) is 6.75. The van der Waals surface area contributed by atoms with Gasteiger partial charge in [-0.1, -0.05) is 34.6 Å². The average Bonchev–Trinajstić information content (AvgIpc) is 2.28. The molecule has 0 amide bonds. The van der Waals surface area contributed by atoms with Crippen LogP contribution in [0.1, 0.15) is 64.8 Å². The Kier molecular flexibility index (Phi) is 5.04. The van der Waals surface area contributed by atoms with Crippen LogP contribution in [0, 0.1) is 5.41 Å². The molecule has 1 aromatic heterocycles. The van der Waals surface area contributed by atoms with Crippen molar-refractivity contribution in [2.24, 2.45) is 5.41 Å². The van der Waals surface area contributed by atoms with Gasteiger partial charge in [0.05, 0.1) is 12.5 Å². The van der Waals surface area contributed by atoms with Crippen LogP contribution in [0.15, 0.2) is 12.4 Å². The third-order valence-corrected chi connectivity index (χ3v) is 2.93. The van der Waals surface area contributed by atoms with Crippen LogP contribution in [0.3, 0.4) is 0 Å². The van der Waals surface area contributed by atoms with Gasteiger partial charge in [0.1, 0.15) is 5.82 Å². The zero-order chi connectivity index (χ0) is 14.6. The fourth-order valence-corrected chi connectivity index (χ4v) is 2.01. The summed E-state index contributed by atoms with van der Waals surface area (Å²) in [5, 5.41) is 0. The molecule has 0 aliphatic carbocycles. The summed E-state index contributed by atoms with van der Waals surface area (Å²) in [7, 11) is 0. The van der Waals surface area contributed by atoms with Gasteiger partial charge < -0.3 is 4.74 Å². The van der Waals surface area contributed by atoms with Crippen molar-refractivity contribution in [3.8, 4) is 0 Å². The first-order valence-corrected chi connectivity index (χ1v) is 6.75. The fraction of sp³-hybridized carbons (Fsp3) is 0.667. The Bertz CT molecular complexity index is 419. The summed E-state index contributed by atoms with van der Waals surface area (Å²) in [6, 6.07) is 0. The van der Waals surface area contributed by atoms with Gasteiger partial charge in [0.25, 0.3) is 0 Å². The zero-order valence-electron chi connectivity index (χ0n) is 12.7. The lowest BCUT2D eigenvalue weighted by atomic mass is 9.77. The van der Waals surface area contributed by atoms with Crippen molar-refractivity contribution in [3.63, 3.8) is 0 Å². The number of aromatic nitrogens is 2. The quantitative estimate of drug-likeness (QED) is 0.783. The molecule has 0 radical (unpaired) electrons. The molecular formula is C15H24N2O2. The number of carbonyl (C=O) groups is 1. The van der Waals surface area contributed by atoms with Crippen LogP contribution in [0.4, 0.5) is 0 Å². The van der Waals surface area contributed by atoms with Gasteiger partial charge in [0.2, 0.25) is 0 Å².